The van der Waals surface area contributed by atoms with E-state index in [9.17, 15) is 9.59 Å². The minimum Gasteiger partial charge on any atom is -0.467 e. The molecule has 1 amide bonds. The van der Waals surface area contributed by atoms with E-state index in [2.05, 4.69) is 10.1 Å². The monoisotopic (exact) mass is 216 g/mol. The quantitative estimate of drug-likeness (QED) is 0.636. The van der Waals surface area contributed by atoms with Gasteiger partial charge in [-0.1, -0.05) is 13.8 Å². The average molecular weight is 216 g/mol. The van der Waals surface area contributed by atoms with E-state index >= 15 is 0 Å². The van der Waals surface area contributed by atoms with Gasteiger partial charge in [-0.15, -0.1) is 0 Å². The molecule has 0 aliphatic heterocycles. The van der Waals surface area contributed by atoms with Gasteiger partial charge in [-0.3, -0.25) is 4.79 Å². The maximum atomic E-state index is 11.3. The molecule has 1 unspecified atom stereocenters. The van der Waals surface area contributed by atoms with Crippen molar-refractivity contribution in [3.05, 3.63) is 0 Å². The number of ether oxygens (including phenoxy) is 1. The lowest BCUT2D eigenvalue weighted by molar-refractivity contribution is -0.145. The number of rotatable bonds is 5. The van der Waals surface area contributed by atoms with Crippen LogP contribution in [0, 0.1) is 5.92 Å². The molecule has 0 aliphatic rings. The van der Waals surface area contributed by atoms with E-state index < -0.39 is 18.1 Å². The molecule has 0 saturated carbocycles. The van der Waals surface area contributed by atoms with E-state index in [4.69, 9.17) is 5.73 Å². The van der Waals surface area contributed by atoms with Crippen LogP contribution in [0.5, 0.6) is 0 Å². The van der Waals surface area contributed by atoms with Gasteiger partial charge in [0.05, 0.1) is 13.2 Å². The van der Waals surface area contributed by atoms with Crippen LogP contribution in [0.3, 0.4) is 0 Å². The number of esters is 1. The highest BCUT2D eigenvalue weighted by Crippen LogP contribution is 2.06. The Morgan fingerprint density at radius 1 is 1.33 bits per heavy atom. The molecule has 0 aromatic rings. The molecule has 0 aliphatic carbocycles. The fraction of sp³-hybridized carbons (Fsp3) is 0.800. The van der Waals surface area contributed by atoms with E-state index in [1.165, 1.54) is 7.11 Å². The van der Waals surface area contributed by atoms with Crippen molar-refractivity contribution >= 4 is 11.9 Å². The lowest BCUT2D eigenvalue weighted by atomic mass is 10.0. The number of hydrogen-bond donors (Lipinski definition) is 2. The number of carbonyl (C=O) groups is 2. The molecule has 3 N–H and O–H groups in total. The third-order valence-corrected chi connectivity index (χ3v) is 1.92. The van der Waals surface area contributed by atoms with E-state index in [0.29, 0.717) is 12.3 Å². The standard InChI is InChI=1S/C10H20N2O3/c1-6(2)5-8(10(14)15-4)12-9(13)7(3)11/h6-8H,5,11H2,1-4H3,(H,12,13)/t7-,8?/m0/s1. The van der Waals surface area contributed by atoms with Gasteiger partial charge < -0.3 is 15.8 Å². The van der Waals surface area contributed by atoms with Gasteiger partial charge in [0, 0.05) is 0 Å². The summed E-state index contributed by atoms with van der Waals surface area (Å²) in [5.41, 5.74) is 5.39. The molecule has 0 aromatic heterocycles. The number of methoxy groups -OCH3 is 1. The van der Waals surface area contributed by atoms with Crippen LogP contribution in [0.15, 0.2) is 0 Å². The molecule has 0 aromatic carbocycles. The Bertz CT molecular complexity index is 227. The molecule has 0 spiro atoms. The first-order chi connectivity index (χ1) is 6.88. The van der Waals surface area contributed by atoms with Crippen molar-refractivity contribution in [3.8, 4) is 0 Å². The van der Waals surface area contributed by atoms with Gasteiger partial charge in [-0.2, -0.15) is 0 Å². The minimum absolute atomic E-state index is 0.294. The molecule has 0 bridgehead atoms. The van der Waals surface area contributed by atoms with Crippen molar-refractivity contribution < 1.29 is 14.3 Å². The maximum Gasteiger partial charge on any atom is 0.328 e. The fourth-order valence-corrected chi connectivity index (χ4v) is 1.13. The van der Waals surface area contributed by atoms with Gasteiger partial charge in [-0.25, -0.2) is 4.79 Å². The van der Waals surface area contributed by atoms with E-state index in [1.54, 1.807) is 6.92 Å². The van der Waals surface area contributed by atoms with Crippen molar-refractivity contribution in [2.75, 3.05) is 7.11 Å². The third-order valence-electron chi connectivity index (χ3n) is 1.92. The largest absolute Gasteiger partial charge is 0.467 e. The van der Waals surface area contributed by atoms with E-state index in [-0.39, 0.29) is 5.91 Å². The zero-order chi connectivity index (χ0) is 12.0. The Morgan fingerprint density at radius 3 is 2.20 bits per heavy atom. The number of carbonyl (C=O) groups excluding carboxylic acids is 2. The summed E-state index contributed by atoms with van der Waals surface area (Å²) in [6, 6.07) is -1.22. The van der Waals surface area contributed by atoms with Crippen LogP contribution in [0.2, 0.25) is 0 Å². The van der Waals surface area contributed by atoms with Crippen molar-refractivity contribution in [2.24, 2.45) is 11.7 Å². The SMILES string of the molecule is COC(=O)C(CC(C)C)NC(=O)[C@H](C)N. The van der Waals surface area contributed by atoms with Gasteiger partial charge >= 0.3 is 5.97 Å². The predicted molar refractivity (Wildman–Crippen MR) is 57.1 cm³/mol. The van der Waals surface area contributed by atoms with Gasteiger partial charge in [0.15, 0.2) is 0 Å². The Hall–Kier alpha value is -1.10. The highest BCUT2D eigenvalue weighted by atomic mass is 16.5. The van der Waals surface area contributed by atoms with Crippen LogP contribution >= 0.6 is 0 Å². The van der Waals surface area contributed by atoms with Gasteiger partial charge in [0.1, 0.15) is 6.04 Å². The highest BCUT2D eigenvalue weighted by Gasteiger charge is 2.23. The first-order valence-corrected chi connectivity index (χ1v) is 5.02. The Labute approximate surface area is 90.4 Å². The van der Waals surface area contributed by atoms with Crippen molar-refractivity contribution in [1.29, 1.82) is 0 Å². The third kappa shape index (κ3) is 5.37. The Kier molecular flexibility index (Phi) is 5.93. The summed E-state index contributed by atoms with van der Waals surface area (Å²) in [6.07, 6.45) is 0.547. The Balaban J connectivity index is 4.37. The molecule has 5 heteroatoms. The van der Waals surface area contributed by atoms with Crippen LogP contribution in [0.4, 0.5) is 0 Å². The molecular formula is C10H20N2O3. The van der Waals surface area contributed by atoms with Gasteiger partial charge in [-0.05, 0) is 19.3 Å². The van der Waals surface area contributed by atoms with E-state index in [1.807, 2.05) is 13.8 Å². The molecule has 0 heterocycles. The number of nitrogens with one attached hydrogen (secondary N) is 1. The summed E-state index contributed by atoms with van der Waals surface area (Å²) in [7, 11) is 1.30. The topological polar surface area (TPSA) is 81.4 Å². The van der Waals surface area contributed by atoms with Crippen LogP contribution in [-0.2, 0) is 14.3 Å². The molecular weight excluding hydrogens is 196 g/mol. The van der Waals surface area contributed by atoms with Crippen LogP contribution in [0.25, 0.3) is 0 Å². The molecule has 0 radical (unpaired) electrons. The zero-order valence-electron chi connectivity index (χ0n) is 9.74. The molecule has 15 heavy (non-hydrogen) atoms. The first kappa shape index (κ1) is 13.9. The number of amides is 1. The van der Waals surface area contributed by atoms with Crippen molar-refractivity contribution in [3.63, 3.8) is 0 Å². The van der Waals surface area contributed by atoms with Crippen LogP contribution in [-0.4, -0.2) is 31.1 Å². The smallest absolute Gasteiger partial charge is 0.328 e. The Morgan fingerprint density at radius 2 is 1.87 bits per heavy atom. The second-order valence-electron chi connectivity index (χ2n) is 4.00. The lowest BCUT2D eigenvalue weighted by Crippen LogP contribution is -2.48. The number of nitrogens with two attached hydrogens (primary N) is 1. The minimum atomic E-state index is -0.621. The van der Waals surface area contributed by atoms with Crippen LogP contribution in [0.1, 0.15) is 27.2 Å². The fourth-order valence-electron chi connectivity index (χ4n) is 1.13. The highest BCUT2D eigenvalue weighted by molar-refractivity contribution is 5.87. The molecule has 0 fully saturated rings. The maximum absolute atomic E-state index is 11.3. The second-order valence-corrected chi connectivity index (χ2v) is 4.00. The summed E-state index contributed by atoms with van der Waals surface area (Å²) in [5, 5.41) is 2.56. The van der Waals surface area contributed by atoms with Gasteiger partial charge in [0.25, 0.3) is 0 Å². The molecule has 2 atom stereocenters. The lowest BCUT2D eigenvalue weighted by Gasteiger charge is -2.19. The van der Waals surface area contributed by atoms with Crippen LogP contribution < -0.4 is 11.1 Å². The second kappa shape index (κ2) is 6.40. The summed E-state index contributed by atoms with van der Waals surface area (Å²) in [6.45, 7) is 5.50. The normalized spacial score (nSPS) is 14.5. The summed E-state index contributed by atoms with van der Waals surface area (Å²) >= 11 is 0. The molecule has 0 saturated heterocycles. The summed E-state index contributed by atoms with van der Waals surface area (Å²) in [5.74, 6) is -0.480. The molecule has 5 nitrogen and oxygen atoms in total. The van der Waals surface area contributed by atoms with Crippen molar-refractivity contribution in [1.82, 2.24) is 5.32 Å². The summed E-state index contributed by atoms with van der Waals surface area (Å²) < 4.78 is 4.60. The summed E-state index contributed by atoms with van der Waals surface area (Å²) in [4.78, 5) is 22.6. The molecule has 0 rings (SSSR count). The zero-order valence-corrected chi connectivity index (χ0v) is 9.74. The van der Waals surface area contributed by atoms with Crippen molar-refractivity contribution in [2.45, 2.75) is 39.3 Å². The average Bonchev–Trinajstić information content (AvgIpc) is 2.14. The van der Waals surface area contributed by atoms with E-state index in [0.717, 1.165) is 0 Å². The number of hydrogen-bond acceptors (Lipinski definition) is 4. The first-order valence-electron chi connectivity index (χ1n) is 5.02. The van der Waals surface area contributed by atoms with Gasteiger partial charge in [0.2, 0.25) is 5.91 Å². The molecule has 88 valence electrons. The predicted octanol–water partition coefficient (Wildman–Crippen LogP) is 0.0375.